The second-order valence-corrected chi connectivity index (χ2v) is 8.78. The van der Waals surface area contributed by atoms with Crippen molar-refractivity contribution in [2.75, 3.05) is 13.7 Å². The number of ether oxygens (including phenoxy) is 7. The molecule has 1 fully saturated rings. The number of rotatable bonds is 9. The van der Waals surface area contributed by atoms with Crippen LogP contribution in [0.25, 0.3) is 11.1 Å². The zero-order valence-electron chi connectivity index (χ0n) is 22.6. The van der Waals surface area contributed by atoms with Crippen molar-refractivity contribution in [3.05, 3.63) is 54.1 Å². The zero-order chi connectivity index (χ0) is 29.4. The van der Waals surface area contributed by atoms with Gasteiger partial charge in [-0.2, -0.15) is 0 Å². The fourth-order valence-electron chi connectivity index (χ4n) is 4.06. The molecule has 0 amide bonds. The second-order valence-electron chi connectivity index (χ2n) is 8.78. The number of hydrogen-bond acceptors (Lipinski definition) is 12. The molecule has 0 unspecified atom stereocenters. The molecule has 1 saturated heterocycles. The molecule has 12 heteroatoms. The average Bonchev–Trinajstić information content (AvgIpc) is 2.90. The molecule has 0 saturated carbocycles. The third-order valence-electron chi connectivity index (χ3n) is 5.69. The average molecular weight is 559 g/mol. The van der Waals surface area contributed by atoms with Crippen LogP contribution in [0.15, 0.2) is 48.5 Å². The maximum Gasteiger partial charge on any atom is 0.337 e. The van der Waals surface area contributed by atoms with E-state index in [0.717, 1.165) is 31.9 Å². The SMILES string of the molecule is COC(=O)c1ccc(-c2ccc(O[C@H]3O[C@H](COC(C)=O)[C@@H](OC(C)=O)[C@H](OC(C)=O)[C@@H]3OC(C)=O)cc2)cc1. The van der Waals surface area contributed by atoms with Gasteiger partial charge >= 0.3 is 29.8 Å². The molecule has 0 N–H and O–H groups in total. The first-order chi connectivity index (χ1) is 19.0. The molecule has 3 rings (SSSR count). The Morgan fingerprint density at radius 3 is 1.68 bits per heavy atom. The lowest BCUT2D eigenvalue weighted by molar-refractivity contribution is -0.288. The van der Waals surface area contributed by atoms with Crippen molar-refractivity contribution >= 4 is 29.8 Å². The Kier molecular flexibility index (Phi) is 10.2. The summed E-state index contributed by atoms with van der Waals surface area (Å²) in [5, 5.41) is 0. The first kappa shape index (κ1) is 30.1. The van der Waals surface area contributed by atoms with Crippen molar-refractivity contribution < 1.29 is 57.1 Å². The van der Waals surface area contributed by atoms with E-state index in [0.29, 0.717) is 11.3 Å². The summed E-state index contributed by atoms with van der Waals surface area (Å²) in [6, 6.07) is 13.6. The van der Waals surface area contributed by atoms with Crippen LogP contribution in [0, 0.1) is 0 Å². The highest BCUT2D eigenvalue weighted by Gasteiger charge is 2.53. The molecule has 2 aromatic carbocycles. The van der Waals surface area contributed by atoms with Gasteiger partial charge in [0.25, 0.3) is 0 Å². The predicted molar refractivity (Wildman–Crippen MR) is 136 cm³/mol. The van der Waals surface area contributed by atoms with Crippen molar-refractivity contribution in [2.45, 2.75) is 58.4 Å². The molecule has 5 atom stereocenters. The topological polar surface area (TPSA) is 150 Å². The minimum Gasteiger partial charge on any atom is -0.465 e. The molecule has 0 radical (unpaired) electrons. The molecule has 0 aliphatic carbocycles. The molecule has 40 heavy (non-hydrogen) atoms. The molecular weight excluding hydrogens is 528 g/mol. The maximum absolute atomic E-state index is 12.0. The van der Waals surface area contributed by atoms with Crippen LogP contribution < -0.4 is 4.74 Å². The lowest BCUT2D eigenvalue weighted by Crippen LogP contribution is -2.63. The largest absolute Gasteiger partial charge is 0.465 e. The van der Waals surface area contributed by atoms with E-state index in [4.69, 9.17) is 33.2 Å². The Balaban J connectivity index is 1.89. The summed E-state index contributed by atoms with van der Waals surface area (Å²) >= 11 is 0. The van der Waals surface area contributed by atoms with E-state index in [2.05, 4.69) is 0 Å². The number of methoxy groups -OCH3 is 1. The van der Waals surface area contributed by atoms with Gasteiger partial charge in [0.2, 0.25) is 12.4 Å². The van der Waals surface area contributed by atoms with Crippen LogP contribution in [-0.4, -0.2) is 74.3 Å². The quantitative estimate of drug-likeness (QED) is 0.329. The van der Waals surface area contributed by atoms with E-state index in [-0.39, 0.29) is 6.61 Å². The Hall–Kier alpha value is -4.45. The molecule has 214 valence electrons. The summed E-state index contributed by atoms with van der Waals surface area (Å²) in [7, 11) is 1.31. The van der Waals surface area contributed by atoms with Crippen LogP contribution in [0.2, 0.25) is 0 Å². The molecule has 0 aromatic heterocycles. The first-order valence-corrected chi connectivity index (χ1v) is 12.2. The highest BCUT2D eigenvalue weighted by atomic mass is 16.7. The molecule has 2 aromatic rings. The summed E-state index contributed by atoms with van der Waals surface area (Å²) in [6.07, 6.45) is -6.42. The number of carbonyl (C=O) groups excluding carboxylic acids is 5. The minimum absolute atomic E-state index is 0.302. The molecule has 12 nitrogen and oxygen atoms in total. The van der Waals surface area contributed by atoms with Gasteiger partial charge in [-0.25, -0.2) is 4.79 Å². The van der Waals surface area contributed by atoms with Gasteiger partial charge in [0, 0.05) is 27.7 Å². The van der Waals surface area contributed by atoms with Gasteiger partial charge in [0.15, 0.2) is 12.2 Å². The number of esters is 5. The highest BCUT2D eigenvalue weighted by Crippen LogP contribution is 2.32. The summed E-state index contributed by atoms with van der Waals surface area (Å²) in [6.45, 7) is 4.25. The van der Waals surface area contributed by atoms with E-state index in [1.165, 1.54) is 14.0 Å². The standard InChI is InChI=1S/C28H30O12/c1-15(29)35-14-23-24(36-16(2)30)25(37-17(3)31)26(38-18(4)32)28(40-23)39-22-12-10-20(11-13-22)19-6-8-21(9-7-19)27(33)34-5/h6-13,23-26,28H,14H2,1-5H3/t23-,24-,25+,26+,28+/m1/s1. The van der Waals surface area contributed by atoms with Crippen LogP contribution in [0.5, 0.6) is 5.75 Å². The first-order valence-electron chi connectivity index (χ1n) is 12.2. The molecule has 0 spiro atoms. The van der Waals surface area contributed by atoms with Crippen molar-refractivity contribution in [3.8, 4) is 16.9 Å². The summed E-state index contributed by atoms with van der Waals surface area (Å²) in [5.74, 6) is -2.96. The highest BCUT2D eigenvalue weighted by molar-refractivity contribution is 5.90. The number of hydrogen-bond donors (Lipinski definition) is 0. The molecule has 1 aliphatic heterocycles. The van der Waals surface area contributed by atoms with Gasteiger partial charge < -0.3 is 33.2 Å². The maximum atomic E-state index is 12.0. The third-order valence-corrected chi connectivity index (χ3v) is 5.69. The fourth-order valence-corrected chi connectivity index (χ4v) is 4.06. The lowest BCUT2D eigenvalue weighted by atomic mass is 9.98. The van der Waals surface area contributed by atoms with Gasteiger partial charge in [-0.15, -0.1) is 0 Å². The molecule has 1 aliphatic rings. The molecular formula is C28H30O12. The van der Waals surface area contributed by atoms with Crippen molar-refractivity contribution in [3.63, 3.8) is 0 Å². The van der Waals surface area contributed by atoms with E-state index >= 15 is 0 Å². The molecule has 1 heterocycles. The van der Waals surface area contributed by atoms with Crippen LogP contribution in [0.4, 0.5) is 0 Å². The van der Waals surface area contributed by atoms with Gasteiger partial charge in [-0.3, -0.25) is 19.2 Å². The van der Waals surface area contributed by atoms with Gasteiger partial charge in [-0.05, 0) is 35.4 Å². The van der Waals surface area contributed by atoms with Crippen molar-refractivity contribution in [2.24, 2.45) is 0 Å². The van der Waals surface area contributed by atoms with Gasteiger partial charge in [0.1, 0.15) is 18.5 Å². The van der Waals surface area contributed by atoms with Crippen LogP contribution in [-0.2, 0) is 47.6 Å². The van der Waals surface area contributed by atoms with E-state index in [1.54, 1.807) is 48.5 Å². The van der Waals surface area contributed by atoms with E-state index in [9.17, 15) is 24.0 Å². The molecule has 0 bridgehead atoms. The lowest BCUT2D eigenvalue weighted by Gasteiger charge is -2.43. The van der Waals surface area contributed by atoms with E-state index in [1.807, 2.05) is 0 Å². The fraction of sp³-hybridized carbons (Fsp3) is 0.393. The summed E-state index contributed by atoms with van der Waals surface area (Å²) < 4.78 is 37.9. The Morgan fingerprint density at radius 1 is 0.675 bits per heavy atom. The normalized spacial score (nSPS) is 21.9. The summed E-state index contributed by atoms with van der Waals surface area (Å²) in [4.78, 5) is 59.0. The van der Waals surface area contributed by atoms with E-state index < -0.39 is 60.6 Å². The van der Waals surface area contributed by atoms with Gasteiger partial charge in [0.05, 0.1) is 12.7 Å². The Bertz CT molecular complexity index is 1220. The summed E-state index contributed by atoms with van der Waals surface area (Å²) in [5.41, 5.74) is 2.05. The minimum atomic E-state index is -1.34. The smallest absolute Gasteiger partial charge is 0.337 e. The van der Waals surface area contributed by atoms with Crippen molar-refractivity contribution in [1.82, 2.24) is 0 Å². The number of carbonyl (C=O) groups is 5. The number of benzene rings is 2. The van der Waals surface area contributed by atoms with Crippen molar-refractivity contribution in [1.29, 1.82) is 0 Å². The predicted octanol–water partition coefficient (Wildman–Crippen LogP) is 2.60. The van der Waals surface area contributed by atoms with Crippen LogP contribution in [0.3, 0.4) is 0 Å². The second kappa shape index (κ2) is 13.6. The van der Waals surface area contributed by atoms with Crippen LogP contribution in [0.1, 0.15) is 38.1 Å². The van der Waals surface area contributed by atoms with Gasteiger partial charge in [-0.1, -0.05) is 24.3 Å². The third kappa shape index (κ3) is 8.03. The zero-order valence-corrected chi connectivity index (χ0v) is 22.6. The Labute approximate surface area is 230 Å². The Morgan fingerprint density at radius 2 is 1.18 bits per heavy atom. The monoisotopic (exact) mass is 558 g/mol. The van der Waals surface area contributed by atoms with Crippen LogP contribution >= 0.6 is 0 Å².